The predicted molar refractivity (Wildman–Crippen MR) is 72.4 cm³/mol. The van der Waals surface area contributed by atoms with Gasteiger partial charge in [0.05, 0.1) is 0 Å². The molecule has 0 radical (unpaired) electrons. The molecule has 1 saturated heterocycles. The summed E-state index contributed by atoms with van der Waals surface area (Å²) in [6.45, 7) is 1.44. The zero-order chi connectivity index (χ0) is 15.6. The molecule has 1 heterocycles. The standard InChI is InChI=1S/C13H15F5N2O.ClH/c14-9-8(10(15)12(17)13(18)11(9)16)7(1-6-21)20-4-2-19-3-5-20;/h7,19,21H,1-6H2;1H/t7-;/m0./s1. The molecule has 0 spiro atoms. The lowest BCUT2D eigenvalue weighted by molar-refractivity contribution is 0.133. The highest BCUT2D eigenvalue weighted by Gasteiger charge is 2.33. The Hall–Kier alpha value is -0.960. The van der Waals surface area contributed by atoms with E-state index in [0.29, 0.717) is 26.2 Å². The maximum Gasteiger partial charge on any atom is 0.200 e. The van der Waals surface area contributed by atoms with Gasteiger partial charge in [-0.15, -0.1) is 12.4 Å². The Kier molecular flexibility index (Phi) is 6.98. The van der Waals surface area contributed by atoms with Crippen LogP contribution in [0.1, 0.15) is 18.0 Å². The van der Waals surface area contributed by atoms with E-state index in [9.17, 15) is 22.0 Å². The van der Waals surface area contributed by atoms with Crippen LogP contribution in [0.5, 0.6) is 0 Å². The normalized spacial score (nSPS) is 17.2. The quantitative estimate of drug-likeness (QED) is 0.498. The van der Waals surface area contributed by atoms with Gasteiger partial charge in [0.2, 0.25) is 5.82 Å². The van der Waals surface area contributed by atoms with E-state index in [1.54, 1.807) is 4.90 Å². The summed E-state index contributed by atoms with van der Waals surface area (Å²) in [6, 6.07) is -1.05. The van der Waals surface area contributed by atoms with Gasteiger partial charge in [0, 0.05) is 44.4 Å². The van der Waals surface area contributed by atoms with E-state index < -0.39 is 47.3 Å². The van der Waals surface area contributed by atoms with Crippen molar-refractivity contribution in [3.05, 3.63) is 34.6 Å². The Morgan fingerprint density at radius 1 is 0.909 bits per heavy atom. The lowest BCUT2D eigenvalue weighted by atomic mass is 9.99. The minimum absolute atomic E-state index is 0. The summed E-state index contributed by atoms with van der Waals surface area (Å²) in [6.07, 6.45) is -0.113. The van der Waals surface area contributed by atoms with Crippen molar-refractivity contribution in [3.8, 4) is 0 Å². The maximum atomic E-state index is 13.9. The fourth-order valence-electron chi connectivity index (χ4n) is 2.54. The van der Waals surface area contributed by atoms with Crippen LogP contribution in [0.3, 0.4) is 0 Å². The molecule has 1 aliphatic rings. The van der Waals surface area contributed by atoms with Gasteiger partial charge in [-0.25, -0.2) is 22.0 Å². The zero-order valence-corrected chi connectivity index (χ0v) is 12.3. The van der Waals surface area contributed by atoms with Crippen molar-refractivity contribution in [1.82, 2.24) is 10.2 Å². The Bertz CT molecular complexity index is 497. The first-order valence-corrected chi connectivity index (χ1v) is 6.56. The monoisotopic (exact) mass is 346 g/mol. The number of nitrogens with zero attached hydrogens (tertiary/aromatic N) is 1. The van der Waals surface area contributed by atoms with E-state index >= 15 is 0 Å². The lowest BCUT2D eigenvalue weighted by Gasteiger charge is -2.35. The summed E-state index contributed by atoms with van der Waals surface area (Å²) < 4.78 is 67.5. The fourth-order valence-corrected chi connectivity index (χ4v) is 2.54. The van der Waals surface area contributed by atoms with Crippen molar-refractivity contribution in [2.24, 2.45) is 0 Å². The van der Waals surface area contributed by atoms with E-state index in [4.69, 9.17) is 5.11 Å². The molecule has 0 unspecified atom stereocenters. The topological polar surface area (TPSA) is 35.5 Å². The number of piperazine rings is 1. The number of halogens is 6. The van der Waals surface area contributed by atoms with Crippen molar-refractivity contribution in [2.75, 3.05) is 32.8 Å². The van der Waals surface area contributed by atoms with Gasteiger partial charge in [-0.2, -0.15) is 0 Å². The number of rotatable bonds is 4. The molecule has 0 aromatic heterocycles. The summed E-state index contributed by atoms with van der Waals surface area (Å²) in [5.74, 6) is -9.74. The largest absolute Gasteiger partial charge is 0.396 e. The second-order valence-corrected chi connectivity index (χ2v) is 4.80. The molecule has 22 heavy (non-hydrogen) atoms. The third-order valence-electron chi connectivity index (χ3n) is 3.57. The van der Waals surface area contributed by atoms with Gasteiger partial charge < -0.3 is 10.4 Å². The second kappa shape index (κ2) is 8.05. The van der Waals surface area contributed by atoms with Gasteiger partial charge in [-0.1, -0.05) is 0 Å². The molecule has 1 aromatic rings. The highest BCUT2D eigenvalue weighted by Crippen LogP contribution is 2.33. The van der Waals surface area contributed by atoms with E-state index in [1.165, 1.54) is 0 Å². The Labute approximate surface area is 130 Å². The van der Waals surface area contributed by atoms with Crippen LogP contribution in [0, 0.1) is 29.1 Å². The van der Waals surface area contributed by atoms with Crippen LogP contribution in [0.4, 0.5) is 22.0 Å². The minimum Gasteiger partial charge on any atom is -0.396 e. The SMILES string of the molecule is Cl.OCC[C@@H](c1c(F)c(F)c(F)c(F)c1F)N1CCNCC1. The molecule has 1 aromatic carbocycles. The third-order valence-corrected chi connectivity index (χ3v) is 3.57. The number of nitrogens with one attached hydrogen (secondary N) is 1. The molecular weight excluding hydrogens is 331 g/mol. The summed E-state index contributed by atoms with van der Waals surface area (Å²) >= 11 is 0. The first kappa shape index (κ1) is 19.1. The molecule has 0 saturated carbocycles. The van der Waals surface area contributed by atoms with E-state index in [0.717, 1.165) is 0 Å². The van der Waals surface area contributed by atoms with Crippen LogP contribution in [0.2, 0.25) is 0 Å². The van der Waals surface area contributed by atoms with Crippen LogP contribution in [0.25, 0.3) is 0 Å². The van der Waals surface area contributed by atoms with Crippen molar-refractivity contribution in [2.45, 2.75) is 12.5 Å². The van der Waals surface area contributed by atoms with Crippen LogP contribution < -0.4 is 5.32 Å². The third kappa shape index (κ3) is 3.51. The molecule has 1 fully saturated rings. The number of aliphatic hydroxyl groups excluding tert-OH is 1. The maximum absolute atomic E-state index is 13.9. The predicted octanol–water partition coefficient (Wildman–Crippen LogP) is 2.13. The van der Waals surface area contributed by atoms with E-state index in [1.807, 2.05) is 0 Å². The van der Waals surface area contributed by atoms with Crippen LogP contribution in [-0.2, 0) is 0 Å². The van der Waals surface area contributed by atoms with Crippen LogP contribution in [0.15, 0.2) is 0 Å². The molecule has 2 rings (SSSR count). The second-order valence-electron chi connectivity index (χ2n) is 4.80. The van der Waals surface area contributed by atoms with E-state index in [-0.39, 0.29) is 18.8 Å². The van der Waals surface area contributed by atoms with E-state index in [2.05, 4.69) is 5.32 Å². The first-order valence-electron chi connectivity index (χ1n) is 6.56. The van der Waals surface area contributed by atoms with Crippen molar-refractivity contribution >= 4 is 12.4 Å². The molecule has 2 N–H and O–H groups in total. The molecule has 0 bridgehead atoms. The summed E-state index contributed by atoms with van der Waals surface area (Å²) in [5, 5.41) is 12.1. The van der Waals surface area contributed by atoms with Gasteiger partial charge in [-0.05, 0) is 6.42 Å². The first-order chi connectivity index (χ1) is 9.99. The molecule has 1 atom stereocenters. The number of aliphatic hydroxyl groups is 1. The Balaban J connectivity index is 0.00000242. The number of hydrogen-bond donors (Lipinski definition) is 2. The van der Waals surface area contributed by atoms with Gasteiger partial charge in [0.1, 0.15) is 0 Å². The molecule has 0 amide bonds. The van der Waals surface area contributed by atoms with Gasteiger partial charge in [0.25, 0.3) is 0 Å². The molecule has 9 heteroatoms. The molecule has 1 aliphatic heterocycles. The van der Waals surface area contributed by atoms with Gasteiger partial charge >= 0.3 is 0 Å². The molecule has 3 nitrogen and oxygen atoms in total. The fraction of sp³-hybridized carbons (Fsp3) is 0.538. The average Bonchev–Trinajstić information content (AvgIpc) is 2.51. The molecular formula is C13H16ClF5N2O. The smallest absolute Gasteiger partial charge is 0.200 e. The number of hydrogen-bond acceptors (Lipinski definition) is 3. The average molecular weight is 347 g/mol. The van der Waals surface area contributed by atoms with Gasteiger partial charge in [0.15, 0.2) is 23.3 Å². The Morgan fingerprint density at radius 3 is 1.82 bits per heavy atom. The summed E-state index contributed by atoms with van der Waals surface area (Å²) in [4.78, 5) is 1.60. The molecule has 126 valence electrons. The summed E-state index contributed by atoms with van der Waals surface area (Å²) in [7, 11) is 0. The molecule has 0 aliphatic carbocycles. The minimum atomic E-state index is -2.17. The van der Waals surface area contributed by atoms with Gasteiger partial charge in [-0.3, -0.25) is 4.90 Å². The highest BCUT2D eigenvalue weighted by atomic mass is 35.5. The lowest BCUT2D eigenvalue weighted by Crippen LogP contribution is -2.45. The van der Waals surface area contributed by atoms with Crippen LogP contribution in [-0.4, -0.2) is 42.8 Å². The highest BCUT2D eigenvalue weighted by molar-refractivity contribution is 5.85. The summed E-state index contributed by atoms with van der Waals surface area (Å²) in [5.41, 5.74) is -0.873. The van der Waals surface area contributed by atoms with Crippen molar-refractivity contribution in [1.29, 1.82) is 0 Å². The Morgan fingerprint density at radius 2 is 1.36 bits per heavy atom. The van der Waals surface area contributed by atoms with Crippen LogP contribution >= 0.6 is 12.4 Å². The zero-order valence-electron chi connectivity index (χ0n) is 11.5. The van der Waals surface area contributed by atoms with Crippen molar-refractivity contribution in [3.63, 3.8) is 0 Å². The number of benzene rings is 1. The van der Waals surface area contributed by atoms with Crippen molar-refractivity contribution < 1.29 is 27.1 Å².